The van der Waals surface area contributed by atoms with Gasteiger partial charge >= 0.3 is 0 Å². The highest BCUT2D eigenvalue weighted by atomic mass is 28.4. The lowest BCUT2D eigenvalue weighted by Gasteiger charge is -2.37. The Morgan fingerprint density at radius 3 is 2.20 bits per heavy atom. The molecule has 120 valence electrons. The highest BCUT2D eigenvalue weighted by Gasteiger charge is 2.44. The highest BCUT2D eigenvalue weighted by molar-refractivity contribution is 6.74. The average Bonchev–Trinajstić information content (AvgIpc) is 2.60. The van der Waals surface area contributed by atoms with Gasteiger partial charge in [0.2, 0.25) is 0 Å². The van der Waals surface area contributed by atoms with Crippen molar-refractivity contribution in [2.24, 2.45) is 5.92 Å². The van der Waals surface area contributed by atoms with Crippen LogP contribution in [0.5, 0.6) is 0 Å². The maximum atomic E-state index is 6.33. The molecule has 1 rings (SSSR count). The van der Waals surface area contributed by atoms with E-state index in [9.17, 15) is 0 Å². The number of rotatable bonds is 5. The maximum absolute atomic E-state index is 6.33. The predicted molar refractivity (Wildman–Crippen MR) is 86.4 cm³/mol. The fraction of sp³-hybridized carbons (Fsp3) is 1.00. The van der Waals surface area contributed by atoms with E-state index in [4.69, 9.17) is 13.9 Å². The van der Waals surface area contributed by atoms with Gasteiger partial charge in [0.05, 0.1) is 12.2 Å². The van der Waals surface area contributed by atoms with Crippen LogP contribution in [0.15, 0.2) is 0 Å². The van der Waals surface area contributed by atoms with Crippen LogP contribution in [0, 0.1) is 5.92 Å². The summed E-state index contributed by atoms with van der Waals surface area (Å²) in [5, 5.41) is 0.253. The third kappa shape index (κ3) is 4.29. The van der Waals surface area contributed by atoms with Crippen LogP contribution < -0.4 is 0 Å². The van der Waals surface area contributed by atoms with Crippen LogP contribution in [0.3, 0.4) is 0 Å². The second-order valence-electron chi connectivity index (χ2n) is 8.10. The zero-order chi connectivity index (χ0) is 15.8. The molecule has 0 aromatic rings. The van der Waals surface area contributed by atoms with Gasteiger partial charge < -0.3 is 13.9 Å². The van der Waals surface area contributed by atoms with Gasteiger partial charge in [-0.15, -0.1) is 0 Å². The summed E-state index contributed by atoms with van der Waals surface area (Å²) in [6.07, 6.45) is 1.31. The molecule has 0 unspecified atom stereocenters. The normalized spacial score (nSPS) is 28.6. The Balaban J connectivity index is 2.61. The molecule has 1 saturated heterocycles. The summed E-state index contributed by atoms with van der Waals surface area (Å²) < 4.78 is 18.4. The molecule has 0 N–H and O–H groups in total. The van der Waals surface area contributed by atoms with Crippen molar-refractivity contribution in [3.8, 4) is 0 Å². The van der Waals surface area contributed by atoms with Gasteiger partial charge in [0.1, 0.15) is 0 Å². The summed E-state index contributed by atoms with van der Waals surface area (Å²) in [6.45, 7) is 20.5. The smallest absolute Gasteiger partial charge is 0.191 e. The Morgan fingerprint density at radius 2 is 1.75 bits per heavy atom. The first kappa shape index (κ1) is 18.1. The average molecular weight is 303 g/mol. The van der Waals surface area contributed by atoms with Crippen molar-refractivity contribution < 1.29 is 13.9 Å². The summed E-state index contributed by atoms with van der Waals surface area (Å²) >= 11 is 0. The molecule has 0 bridgehead atoms. The van der Waals surface area contributed by atoms with Gasteiger partial charge in [-0.3, -0.25) is 0 Å². The first-order chi connectivity index (χ1) is 8.89. The lowest BCUT2D eigenvalue weighted by Crippen LogP contribution is -2.43. The number of hydrogen-bond donors (Lipinski definition) is 0. The number of ether oxygens (including phenoxy) is 2. The van der Waals surface area contributed by atoms with E-state index >= 15 is 0 Å². The Labute approximate surface area is 126 Å². The van der Waals surface area contributed by atoms with Crippen LogP contribution in [-0.2, 0) is 13.9 Å². The Hall–Kier alpha value is 0.0969. The number of hydrogen-bond acceptors (Lipinski definition) is 3. The molecule has 0 saturated carbocycles. The monoisotopic (exact) mass is 302 g/mol. The van der Waals surface area contributed by atoms with E-state index in [1.807, 2.05) is 13.8 Å². The standard InChI is InChI=1S/C16H34O3Si/c1-10-13-14(19-16(6,7)18-13)12(2)11-17-20(8,9)15(3,4)5/h12-14H,10-11H2,1-9H3/t12-,13-,14+/m0/s1. The van der Waals surface area contributed by atoms with Crippen molar-refractivity contribution in [2.45, 2.75) is 91.0 Å². The molecule has 0 spiro atoms. The fourth-order valence-corrected chi connectivity index (χ4v) is 3.42. The van der Waals surface area contributed by atoms with E-state index < -0.39 is 14.1 Å². The van der Waals surface area contributed by atoms with Crippen LogP contribution >= 0.6 is 0 Å². The summed E-state index contributed by atoms with van der Waals surface area (Å²) in [6, 6.07) is 0. The first-order valence-electron chi connectivity index (χ1n) is 7.89. The van der Waals surface area contributed by atoms with Crippen molar-refractivity contribution in [3.05, 3.63) is 0 Å². The van der Waals surface area contributed by atoms with Crippen molar-refractivity contribution in [2.75, 3.05) is 6.61 Å². The minimum atomic E-state index is -1.68. The van der Waals surface area contributed by atoms with E-state index in [0.717, 1.165) is 13.0 Å². The summed E-state index contributed by atoms with van der Waals surface area (Å²) in [5.41, 5.74) is 0. The molecule has 0 amide bonds. The SMILES string of the molecule is CC[C@@H]1OC(C)(C)O[C@@H]1[C@@H](C)CO[Si](C)(C)C(C)(C)C. The molecule has 4 heteroatoms. The third-order valence-corrected chi connectivity index (χ3v) is 9.20. The van der Waals surface area contributed by atoms with Crippen LogP contribution in [-0.4, -0.2) is 32.9 Å². The molecule has 3 nitrogen and oxygen atoms in total. The summed E-state index contributed by atoms with van der Waals surface area (Å²) in [7, 11) is -1.68. The van der Waals surface area contributed by atoms with E-state index in [1.54, 1.807) is 0 Å². The molecule has 1 heterocycles. The van der Waals surface area contributed by atoms with Gasteiger partial charge in [0.15, 0.2) is 14.1 Å². The summed E-state index contributed by atoms with van der Waals surface area (Å²) in [5.74, 6) is -0.104. The van der Waals surface area contributed by atoms with Gasteiger partial charge in [-0.25, -0.2) is 0 Å². The molecule has 3 atom stereocenters. The van der Waals surface area contributed by atoms with E-state index in [-0.39, 0.29) is 17.2 Å². The molecule has 1 aliphatic heterocycles. The quantitative estimate of drug-likeness (QED) is 0.696. The molecule has 0 radical (unpaired) electrons. The van der Waals surface area contributed by atoms with Crippen LogP contribution in [0.25, 0.3) is 0 Å². The van der Waals surface area contributed by atoms with Crippen molar-refractivity contribution in [3.63, 3.8) is 0 Å². The fourth-order valence-electron chi connectivity index (χ4n) is 2.31. The Bertz CT molecular complexity index is 320. The molecule has 1 fully saturated rings. The minimum absolute atomic E-state index is 0.139. The molecule has 1 aliphatic rings. The zero-order valence-electron chi connectivity index (χ0n) is 14.9. The van der Waals surface area contributed by atoms with Crippen molar-refractivity contribution >= 4 is 8.32 Å². The lowest BCUT2D eigenvalue weighted by molar-refractivity contribution is -0.151. The van der Waals surface area contributed by atoms with E-state index in [2.05, 4.69) is 47.7 Å². The zero-order valence-corrected chi connectivity index (χ0v) is 15.9. The van der Waals surface area contributed by atoms with Crippen molar-refractivity contribution in [1.82, 2.24) is 0 Å². The van der Waals surface area contributed by atoms with Gasteiger partial charge in [0.25, 0.3) is 0 Å². The predicted octanol–water partition coefficient (Wildman–Crippen LogP) is 4.57. The second kappa shape index (κ2) is 6.07. The summed E-state index contributed by atoms with van der Waals surface area (Å²) in [4.78, 5) is 0. The molecular formula is C16H34O3Si. The van der Waals surface area contributed by atoms with Crippen molar-refractivity contribution in [1.29, 1.82) is 0 Å². The highest BCUT2D eigenvalue weighted by Crippen LogP contribution is 2.38. The van der Waals surface area contributed by atoms with Gasteiger partial charge in [-0.1, -0.05) is 34.6 Å². The third-order valence-electron chi connectivity index (χ3n) is 4.70. The Morgan fingerprint density at radius 1 is 1.20 bits per heavy atom. The maximum Gasteiger partial charge on any atom is 0.191 e. The van der Waals surface area contributed by atoms with Crippen LogP contribution in [0.1, 0.15) is 54.9 Å². The van der Waals surface area contributed by atoms with Crippen LogP contribution in [0.4, 0.5) is 0 Å². The first-order valence-corrected chi connectivity index (χ1v) is 10.8. The largest absolute Gasteiger partial charge is 0.416 e. The van der Waals surface area contributed by atoms with Gasteiger partial charge in [-0.05, 0) is 38.4 Å². The molecule has 0 aromatic heterocycles. The minimum Gasteiger partial charge on any atom is -0.416 e. The molecule has 0 aromatic carbocycles. The topological polar surface area (TPSA) is 27.7 Å². The second-order valence-corrected chi connectivity index (χ2v) is 12.9. The van der Waals surface area contributed by atoms with Gasteiger partial charge in [0, 0.05) is 12.5 Å². The van der Waals surface area contributed by atoms with E-state index in [1.165, 1.54) is 0 Å². The van der Waals surface area contributed by atoms with Gasteiger partial charge in [-0.2, -0.15) is 0 Å². The molecule has 0 aliphatic carbocycles. The molecular weight excluding hydrogens is 268 g/mol. The van der Waals surface area contributed by atoms with Crippen LogP contribution in [0.2, 0.25) is 18.1 Å². The van der Waals surface area contributed by atoms with E-state index in [0.29, 0.717) is 5.92 Å². The lowest BCUT2D eigenvalue weighted by atomic mass is 9.99. The molecule has 20 heavy (non-hydrogen) atoms. The Kier molecular flexibility index (Phi) is 5.51.